The second kappa shape index (κ2) is 2.98. The molecule has 0 aliphatic carbocycles. The highest BCUT2D eigenvalue weighted by Crippen LogP contribution is 2.18. The van der Waals surface area contributed by atoms with E-state index in [0.29, 0.717) is 5.56 Å². The lowest BCUT2D eigenvalue weighted by Gasteiger charge is -2.03. The maximum atomic E-state index is 10.7. The van der Waals surface area contributed by atoms with Gasteiger partial charge < -0.3 is 11.5 Å². The Morgan fingerprint density at radius 3 is 2.75 bits per heavy atom. The summed E-state index contributed by atoms with van der Waals surface area (Å²) in [5.41, 5.74) is 11.6. The molecular formula is C7H8ClN3O. The number of nitrogens with zero attached hydrogens (tertiary/aromatic N) is 1. The van der Waals surface area contributed by atoms with Gasteiger partial charge in [0.15, 0.2) is 5.69 Å². The highest BCUT2D eigenvalue weighted by molar-refractivity contribution is 6.29. The lowest BCUT2D eigenvalue weighted by molar-refractivity contribution is 0.0996. The average molecular weight is 186 g/mol. The molecule has 12 heavy (non-hydrogen) atoms. The number of hydrogen-bond acceptors (Lipinski definition) is 3. The number of carbonyl (C=O) groups is 1. The van der Waals surface area contributed by atoms with Crippen LogP contribution in [0.5, 0.6) is 0 Å². The van der Waals surface area contributed by atoms with Gasteiger partial charge in [-0.3, -0.25) is 4.79 Å². The molecule has 0 saturated carbocycles. The number of hydrogen-bond donors (Lipinski definition) is 2. The van der Waals surface area contributed by atoms with Crippen LogP contribution in [0, 0.1) is 6.92 Å². The number of rotatable bonds is 1. The number of nitrogens with two attached hydrogens (primary N) is 2. The van der Waals surface area contributed by atoms with Crippen molar-refractivity contribution in [2.24, 2.45) is 5.73 Å². The predicted octanol–water partition coefficient (Wildman–Crippen LogP) is 0.725. The third-order valence-corrected chi connectivity index (χ3v) is 1.66. The van der Waals surface area contributed by atoms with E-state index in [0.717, 1.165) is 0 Å². The molecule has 1 aromatic heterocycles. The molecule has 0 saturated heterocycles. The van der Waals surface area contributed by atoms with E-state index in [4.69, 9.17) is 23.1 Å². The Morgan fingerprint density at radius 1 is 1.67 bits per heavy atom. The number of nitrogen functional groups attached to an aromatic ring is 1. The maximum Gasteiger partial charge on any atom is 0.269 e. The number of carbonyl (C=O) groups excluding carboxylic acids is 1. The summed E-state index contributed by atoms with van der Waals surface area (Å²) in [5.74, 6) is -0.668. The first-order valence-corrected chi connectivity index (χ1v) is 3.62. The van der Waals surface area contributed by atoms with Crippen molar-refractivity contribution in [2.45, 2.75) is 6.92 Å². The van der Waals surface area contributed by atoms with Crippen molar-refractivity contribution in [1.82, 2.24) is 4.98 Å². The minimum atomic E-state index is -0.668. The minimum absolute atomic E-state index is 0.0278. The lowest BCUT2D eigenvalue weighted by Crippen LogP contribution is -2.16. The smallest absolute Gasteiger partial charge is 0.269 e. The molecule has 0 bridgehead atoms. The molecule has 5 heteroatoms. The molecule has 0 spiro atoms. The largest absolute Gasteiger partial charge is 0.397 e. The first-order valence-electron chi connectivity index (χ1n) is 3.25. The molecule has 1 amide bonds. The topological polar surface area (TPSA) is 82.0 Å². The van der Waals surface area contributed by atoms with Crippen LogP contribution in [-0.2, 0) is 0 Å². The summed E-state index contributed by atoms with van der Waals surface area (Å²) < 4.78 is 0. The lowest BCUT2D eigenvalue weighted by atomic mass is 10.2. The zero-order valence-electron chi connectivity index (χ0n) is 6.47. The van der Waals surface area contributed by atoms with E-state index in [-0.39, 0.29) is 16.5 Å². The van der Waals surface area contributed by atoms with Crippen LogP contribution in [0.15, 0.2) is 6.07 Å². The highest BCUT2D eigenvalue weighted by atomic mass is 35.5. The number of aryl methyl sites for hydroxylation is 1. The van der Waals surface area contributed by atoms with Crippen LogP contribution >= 0.6 is 11.6 Å². The molecule has 0 atom stereocenters. The fraction of sp³-hybridized carbons (Fsp3) is 0.143. The number of primary amides is 1. The molecule has 4 nitrogen and oxygen atoms in total. The fourth-order valence-corrected chi connectivity index (χ4v) is 1.08. The minimum Gasteiger partial charge on any atom is -0.397 e. The SMILES string of the molecule is Cc1cc(Cl)nc(C(N)=O)c1N. The Labute approximate surface area is 74.5 Å². The van der Waals surface area contributed by atoms with Gasteiger partial charge in [-0.05, 0) is 18.6 Å². The molecule has 0 aliphatic rings. The van der Waals surface area contributed by atoms with Crippen molar-refractivity contribution in [3.8, 4) is 0 Å². The Kier molecular flexibility index (Phi) is 2.19. The number of amides is 1. The molecule has 0 aliphatic heterocycles. The van der Waals surface area contributed by atoms with Crippen LogP contribution in [0.3, 0.4) is 0 Å². The van der Waals surface area contributed by atoms with Crippen LogP contribution in [0.2, 0.25) is 5.15 Å². The van der Waals surface area contributed by atoms with E-state index in [1.54, 1.807) is 13.0 Å². The molecular weight excluding hydrogens is 178 g/mol. The third-order valence-electron chi connectivity index (χ3n) is 1.47. The van der Waals surface area contributed by atoms with E-state index in [1.165, 1.54) is 0 Å². The monoisotopic (exact) mass is 185 g/mol. The zero-order chi connectivity index (χ0) is 9.30. The molecule has 1 rings (SSSR count). The highest BCUT2D eigenvalue weighted by Gasteiger charge is 2.10. The summed E-state index contributed by atoms with van der Waals surface area (Å²) in [6.07, 6.45) is 0. The van der Waals surface area contributed by atoms with Gasteiger partial charge in [0.05, 0.1) is 5.69 Å². The van der Waals surface area contributed by atoms with Gasteiger partial charge in [-0.15, -0.1) is 0 Å². The van der Waals surface area contributed by atoms with Gasteiger partial charge >= 0.3 is 0 Å². The van der Waals surface area contributed by atoms with Gasteiger partial charge in [0.1, 0.15) is 5.15 Å². The van der Waals surface area contributed by atoms with Crippen molar-refractivity contribution in [3.63, 3.8) is 0 Å². The number of pyridine rings is 1. The van der Waals surface area contributed by atoms with Gasteiger partial charge in [-0.1, -0.05) is 11.6 Å². The first-order chi connectivity index (χ1) is 5.52. The summed E-state index contributed by atoms with van der Waals surface area (Å²) >= 11 is 5.59. The summed E-state index contributed by atoms with van der Waals surface area (Å²) in [6.45, 7) is 1.73. The quantitative estimate of drug-likeness (QED) is 0.633. The second-order valence-corrected chi connectivity index (χ2v) is 2.78. The summed E-state index contributed by atoms with van der Waals surface area (Å²) in [6, 6.07) is 1.57. The third kappa shape index (κ3) is 1.48. The van der Waals surface area contributed by atoms with Gasteiger partial charge in [0.25, 0.3) is 5.91 Å². The zero-order valence-corrected chi connectivity index (χ0v) is 7.22. The Hall–Kier alpha value is -1.29. The Morgan fingerprint density at radius 2 is 2.25 bits per heavy atom. The van der Waals surface area contributed by atoms with Crippen molar-refractivity contribution in [2.75, 3.05) is 5.73 Å². The van der Waals surface area contributed by atoms with Crippen molar-refractivity contribution < 1.29 is 4.79 Å². The maximum absolute atomic E-state index is 10.7. The molecule has 0 radical (unpaired) electrons. The molecule has 1 heterocycles. The normalized spacial score (nSPS) is 9.83. The molecule has 0 aromatic carbocycles. The number of halogens is 1. The first kappa shape index (κ1) is 8.80. The van der Waals surface area contributed by atoms with Gasteiger partial charge in [-0.2, -0.15) is 0 Å². The summed E-state index contributed by atoms with van der Waals surface area (Å²) in [5, 5.41) is 0.218. The van der Waals surface area contributed by atoms with E-state index >= 15 is 0 Å². The summed E-state index contributed by atoms with van der Waals surface area (Å²) in [7, 11) is 0. The molecule has 0 fully saturated rings. The van der Waals surface area contributed by atoms with Crippen molar-refractivity contribution in [3.05, 3.63) is 22.5 Å². The molecule has 0 unspecified atom stereocenters. The van der Waals surface area contributed by atoms with Crippen LogP contribution in [0.4, 0.5) is 5.69 Å². The number of anilines is 1. The van der Waals surface area contributed by atoms with Gasteiger partial charge in [0, 0.05) is 0 Å². The van der Waals surface area contributed by atoms with E-state index in [2.05, 4.69) is 4.98 Å². The van der Waals surface area contributed by atoms with Crippen molar-refractivity contribution >= 4 is 23.2 Å². The summed E-state index contributed by atoms with van der Waals surface area (Å²) in [4.78, 5) is 14.4. The van der Waals surface area contributed by atoms with Crippen LogP contribution in [-0.4, -0.2) is 10.9 Å². The molecule has 64 valence electrons. The molecule has 4 N–H and O–H groups in total. The predicted molar refractivity (Wildman–Crippen MR) is 46.9 cm³/mol. The fourth-order valence-electron chi connectivity index (χ4n) is 0.830. The van der Waals surface area contributed by atoms with Crippen LogP contribution < -0.4 is 11.5 Å². The van der Waals surface area contributed by atoms with E-state index < -0.39 is 5.91 Å². The van der Waals surface area contributed by atoms with Crippen molar-refractivity contribution in [1.29, 1.82) is 0 Å². The average Bonchev–Trinajstić information content (AvgIpc) is 1.96. The van der Waals surface area contributed by atoms with E-state index in [9.17, 15) is 4.79 Å². The van der Waals surface area contributed by atoms with Gasteiger partial charge in [0.2, 0.25) is 0 Å². The van der Waals surface area contributed by atoms with Crippen LogP contribution in [0.25, 0.3) is 0 Å². The Balaban J connectivity index is 3.37. The Bertz CT molecular complexity index is 338. The number of aromatic nitrogens is 1. The standard InChI is InChI=1S/C7H8ClN3O/c1-3-2-4(8)11-6(5(3)9)7(10)12/h2H,9H2,1H3,(H2,10,12). The second-order valence-electron chi connectivity index (χ2n) is 2.39. The van der Waals surface area contributed by atoms with E-state index in [1.807, 2.05) is 0 Å². The van der Waals surface area contributed by atoms with Gasteiger partial charge in [-0.25, -0.2) is 4.98 Å². The molecule has 1 aromatic rings. The van der Waals surface area contributed by atoms with Crippen LogP contribution in [0.1, 0.15) is 16.1 Å².